The van der Waals surface area contributed by atoms with Crippen molar-refractivity contribution in [3.05, 3.63) is 59.5 Å². The molecule has 1 unspecified atom stereocenters. The molecule has 1 heterocycles. The molecule has 2 aromatic rings. The van der Waals surface area contributed by atoms with E-state index in [2.05, 4.69) is 5.32 Å². The number of furan rings is 1. The van der Waals surface area contributed by atoms with E-state index in [-0.39, 0.29) is 11.9 Å². The van der Waals surface area contributed by atoms with Crippen LogP contribution < -0.4 is 11.1 Å². The summed E-state index contributed by atoms with van der Waals surface area (Å²) in [6.45, 7) is 2.19. The zero-order valence-corrected chi connectivity index (χ0v) is 10.2. The maximum absolute atomic E-state index is 11.8. The number of nitrogens with one attached hydrogen (secondary N) is 1. The number of rotatable bonds is 4. The summed E-state index contributed by atoms with van der Waals surface area (Å²) in [6.07, 6.45) is 1.44. The van der Waals surface area contributed by atoms with E-state index < -0.39 is 0 Å². The number of benzene rings is 1. The first kappa shape index (κ1) is 12.4. The van der Waals surface area contributed by atoms with Crippen LogP contribution in [0.5, 0.6) is 0 Å². The largest absolute Gasteiger partial charge is 0.469 e. The maximum atomic E-state index is 11.8. The molecule has 3 N–H and O–H groups in total. The third kappa shape index (κ3) is 2.99. The molecule has 1 amide bonds. The Kier molecular flexibility index (Phi) is 3.79. The van der Waals surface area contributed by atoms with E-state index in [1.54, 1.807) is 13.0 Å². The molecular weight excluding hydrogens is 228 g/mol. The number of hydrogen-bond acceptors (Lipinski definition) is 3. The summed E-state index contributed by atoms with van der Waals surface area (Å²) in [5.74, 6) is 0.547. The van der Waals surface area contributed by atoms with Crippen LogP contribution in [-0.2, 0) is 0 Å². The third-order valence-corrected chi connectivity index (χ3v) is 2.70. The minimum absolute atomic E-state index is 0.168. The SMILES string of the molecule is Cc1cc(C(=O)NCC(N)c2ccccc2)co1. The van der Waals surface area contributed by atoms with E-state index in [9.17, 15) is 4.79 Å². The predicted octanol–water partition coefficient (Wildman–Crippen LogP) is 2.02. The second-order valence-electron chi connectivity index (χ2n) is 4.17. The van der Waals surface area contributed by atoms with Crippen LogP contribution in [0.1, 0.15) is 27.7 Å². The Balaban J connectivity index is 1.90. The molecule has 18 heavy (non-hydrogen) atoms. The van der Waals surface area contributed by atoms with Crippen molar-refractivity contribution < 1.29 is 9.21 Å². The van der Waals surface area contributed by atoms with Gasteiger partial charge < -0.3 is 15.5 Å². The van der Waals surface area contributed by atoms with Crippen molar-refractivity contribution >= 4 is 5.91 Å². The lowest BCUT2D eigenvalue weighted by Crippen LogP contribution is -2.31. The fourth-order valence-electron chi connectivity index (χ4n) is 1.69. The van der Waals surface area contributed by atoms with E-state index in [0.717, 1.165) is 5.56 Å². The molecule has 0 aliphatic carbocycles. The number of carbonyl (C=O) groups is 1. The summed E-state index contributed by atoms with van der Waals surface area (Å²) in [7, 11) is 0. The van der Waals surface area contributed by atoms with Crippen LogP contribution in [0.2, 0.25) is 0 Å². The van der Waals surface area contributed by atoms with Gasteiger partial charge in [0.15, 0.2) is 0 Å². The Hall–Kier alpha value is -2.07. The van der Waals surface area contributed by atoms with Crippen LogP contribution >= 0.6 is 0 Å². The van der Waals surface area contributed by atoms with Gasteiger partial charge in [0.05, 0.1) is 5.56 Å². The monoisotopic (exact) mass is 244 g/mol. The fourth-order valence-corrected chi connectivity index (χ4v) is 1.69. The molecule has 94 valence electrons. The van der Waals surface area contributed by atoms with Crippen LogP contribution in [0.4, 0.5) is 0 Å². The molecule has 4 heteroatoms. The Bertz CT molecular complexity index is 520. The van der Waals surface area contributed by atoms with Crippen molar-refractivity contribution in [3.8, 4) is 0 Å². The minimum atomic E-state index is -0.205. The number of nitrogens with two attached hydrogens (primary N) is 1. The van der Waals surface area contributed by atoms with Gasteiger partial charge in [-0.05, 0) is 18.6 Å². The molecule has 0 fully saturated rings. The zero-order valence-electron chi connectivity index (χ0n) is 10.2. The van der Waals surface area contributed by atoms with Crippen molar-refractivity contribution in [2.24, 2.45) is 5.73 Å². The quantitative estimate of drug-likeness (QED) is 0.864. The molecule has 0 spiro atoms. The van der Waals surface area contributed by atoms with Gasteiger partial charge in [-0.1, -0.05) is 30.3 Å². The van der Waals surface area contributed by atoms with Gasteiger partial charge in [0.2, 0.25) is 0 Å². The minimum Gasteiger partial charge on any atom is -0.469 e. The van der Waals surface area contributed by atoms with Crippen LogP contribution in [0.25, 0.3) is 0 Å². The van der Waals surface area contributed by atoms with Crippen molar-refractivity contribution in [1.29, 1.82) is 0 Å². The molecule has 0 radical (unpaired) electrons. The summed E-state index contributed by atoms with van der Waals surface area (Å²) in [5, 5.41) is 2.79. The second-order valence-corrected chi connectivity index (χ2v) is 4.17. The van der Waals surface area contributed by atoms with Gasteiger partial charge in [-0.3, -0.25) is 4.79 Å². The second kappa shape index (κ2) is 5.51. The Morgan fingerprint density at radius 1 is 1.39 bits per heavy atom. The third-order valence-electron chi connectivity index (χ3n) is 2.70. The van der Waals surface area contributed by atoms with Crippen LogP contribution in [-0.4, -0.2) is 12.5 Å². The standard InChI is InChI=1S/C14H16N2O2/c1-10-7-12(9-18-10)14(17)16-8-13(15)11-5-3-2-4-6-11/h2-7,9,13H,8,15H2,1H3,(H,16,17). The fraction of sp³-hybridized carbons (Fsp3) is 0.214. The first-order chi connectivity index (χ1) is 8.66. The van der Waals surface area contributed by atoms with Crippen LogP contribution in [0.3, 0.4) is 0 Å². The van der Waals surface area contributed by atoms with Crippen molar-refractivity contribution in [2.45, 2.75) is 13.0 Å². The molecule has 2 rings (SSSR count). The zero-order chi connectivity index (χ0) is 13.0. The van der Waals surface area contributed by atoms with Gasteiger partial charge in [-0.15, -0.1) is 0 Å². The highest BCUT2D eigenvalue weighted by Gasteiger charge is 2.11. The summed E-state index contributed by atoms with van der Waals surface area (Å²) < 4.78 is 5.08. The van der Waals surface area contributed by atoms with Gasteiger partial charge in [0.1, 0.15) is 12.0 Å². The Morgan fingerprint density at radius 3 is 2.72 bits per heavy atom. The summed E-state index contributed by atoms with van der Waals surface area (Å²) in [6, 6.07) is 11.2. The van der Waals surface area contributed by atoms with E-state index >= 15 is 0 Å². The maximum Gasteiger partial charge on any atom is 0.254 e. The first-order valence-corrected chi connectivity index (χ1v) is 5.80. The molecule has 0 saturated carbocycles. The summed E-state index contributed by atoms with van der Waals surface area (Å²) in [4.78, 5) is 11.8. The average molecular weight is 244 g/mol. The Morgan fingerprint density at radius 2 is 2.11 bits per heavy atom. The normalized spacial score (nSPS) is 12.1. The highest BCUT2D eigenvalue weighted by molar-refractivity contribution is 5.93. The lowest BCUT2D eigenvalue weighted by molar-refractivity contribution is 0.0950. The van der Waals surface area contributed by atoms with E-state index in [4.69, 9.17) is 10.2 Å². The lowest BCUT2D eigenvalue weighted by atomic mass is 10.1. The molecule has 0 aliphatic heterocycles. The number of carbonyl (C=O) groups excluding carboxylic acids is 1. The van der Waals surface area contributed by atoms with Crippen molar-refractivity contribution in [3.63, 3.8) is 0 Å². The van der Waals surface area contributed by atoms with E-state index in [1.165, 1.54) is 6.26 Å². The van der Waals surface area contributed by atoms with Gasteiger partial charge in [0, 0.05) is 12.6 Å². The molecule has 4 nitrogen and oxygen atoms in total. The molecule has 1 atom stereocenters. The summed E-state index contributed by atoms with van der Waals surface area (Å²) >= 11 is 0. The van der Waals surface area contributed by atoms with Gasteiger partial charge in [-0.2, -0.15) is 0 Å². The molecule has 0 bridgehead atoms. The predicted molar refractivity (Wildman–Crippen MR) is 69.1 cm³/mol. The van der Waals surface area contributed by atoms with Crippen LogP contribution in [0.15, 0.2) is 47.1 Å². The smallest absolute Gasteiger partial charge is 0.254 e. The molecular formula is C14H16N2O2. The Labute approximate surface area is 106 Å². The van der Waals surface area contributed by atoms with E-state index in [0.29, 0.717) is 17.9 Å². The number of hydrogen-bond donors (Lipinski definition) is 2. The molecule has 1 aromatic carbocycles. The number of aryl methyl sites for hydroxylation is 1. The topological polar surface area (TPSA) is 68.3 Å². The molecule has 1 aromatic heterocycles. The molecule has 0 saturated heterocycles. The first-order valence-electron chi connectivity index (χ1n) is 5.80. The average Bonchev–Trinajstić information content (AvgIpc) is 2.83. The van der Waals surface area contributed by atoms with E-state index in [1.807, 2.05) is 30.3 Å². The van der Waals surface area contributed by atoms with Crippen molar-refractivity contribution in [2.75, 3.05) is 6.54 Å². The number of amides is 1. The highest BCUT2D eigenvalue weighted by Crippen LogP contribution is 2.09. The summed E-state index contributed by atoms with van der Waals surface area (Å²) in [5.41, 5.74) is 7.51. The highest BCUT2D eigenvalue weighted by atomic mass is 16.3. The van der Waals surface area contributed by atoms with Crippen molar-refractivity contribution in [1.82, 2.24) is 5.32 Å². The van der Waals surface area contributed by atoms with Gasteiger partial charge in [0.25, 0.3) is 5.91 Å². The molecule has 0 aliphatic rings. The van der Waals surface area contributed by atoms with Crippen LogP contribution in [0, 0.1) is 6.92 Å². The van der Waals surface area contributed by atoms with Gasteiger partial charge in [-0.25, -0.2) is 0 Å². The lowest BCUT2D eigenvalue weighted by Gasteiger charge is -2.12. The van der Waals surface area contributed by atoms with Gasteiger partial charge >= 0.3 is 0 Å².